The summed E-state index contributed by atoms with van der Waals surface area (Å²) in [6.07, 6.45) is 1.57. The molecule has 0 spiro atoms. The molecule has 0 unspecified atom stereocenters. The van der Waals surface area contributed by atoms with Gasteiger partial charge in [0.25, 0.3) is 0 Å². The van der Waals surface area contributed by atoms with Gasteiger partial charge in [0.2, 0.25) is 11.8 Å². The molecule has 1 aliphatic heterocycles. The minimum Gasteiger partial charge on any atom is -0.326 e. The summed E-state index contributed by atoms with van der Waals surface area (Å²) < 4.78 is 13.5. The third-order valence-corrected chi connectivity index (χ3v) is 3.54. The van der Waals surface area contributed by atoms with Gasteiger partial charge >= 0.3 is 0 Å². The molecule has 3 N–H and O–H groups in total. The summed E-state index contributed by atoms with van der Waals surface area (Å²) in [7, 11) is 0. The topological polar surface area (TPSA) is 70.2 Å². The number of rotatable bonds is 3. The Morgan fingerprint density at radius 1 is 1.32 bits per heavy atom. The zero-order valence-corrected chi connectivity index (χ0v) is 13.4. The van der Waals surface area contributed by atoms with Gasteiger partial charge in [0.05, 0.1) is 5.69 Å². The number of amides is 2. The van der Waals surface area contributed by atoms with E-state index < -0.39 is 5.82 Å². The standard InChI is InChI=1S/C15H20FN3O2.ClH/c1-9-7-11(5-6-17-9)15(21)19-12-3-4-13(16)14(8-12)18-10(2)20;/h3-4,8-9,11,17H,5-7H2,1-2H3,(H,18,20)(H,19,21);1H/t9-,11-;/m0./s1. The highest BCUT2D eigenvalue weighted by Gasteiger charge is 2.24. The Bertz CT molecular complexity index is 554. The van der Waals surface area contributed by atoms with Crippen molar-refractivity contribution < 1.29 is 14.0 Å². The molecule has 1 aliphatic rings. The number of nitrogens with one attached hydrogen (secondary N) is 3. The summed E-state index contributed by atoms with van der Waals surface area (Å²) >= 11 is 0. The second kappa shape index (κ2) is 8.10. The number of carbonyl (C=O) groups excluding carboxylic acids is 2. The minimum atomic E-state index is -0.529. The van der Waals surface area contributed by atoms with Crippen molar-refractivity contribution >= 4 is 35.6 Å². The Kier molecular flexibility index (Phi) is 6.77. The highest BCUT2D eigenvalue weighted by Crippen LogP contribution is 2.22. The van der Waals surface area contributed by atoms with Crippen LogP contribution < -0.4 is 16.0 Å². The molecule has 0 radical (unpaired) electrons. The number of piperidine rings is 1. The molecule has 0 bridgehead atoms. The van der Waals surface area contributed by atoms with Crippen LogP contribution in [0.3, 0.4) is 0 Å². The van der Waals surface area contributed by atoms with Crippen LogP contribution in [0.2, 0.25) is 0 Å². The van der Waals surface area contributed by atoms with Crippen LogP contribution in [-0.2, 0) is 9.59 Å². The van der Waals surface area contributed by atoms with Crippen molar-refractivity contribution in [2.45, 2.75) is 32.7 Å². The number of carbonyl (C=O) groups is 2. The molecule has 122 valence electrons. The van der Waals surface area contributed by atoms with E-state index in [-0.39, 0.29) is 35.8 Å². The molecule has 2 amide bonds. The van der Waals surface area contributed by atoms with Gasteiger partial charge in [-0.15, -0.1) is 12.4 Å². The summed E-state index contributed by atoms with van der Waals surface area (Å²) in [5, 5.41) is 8.48. The number of benzene rings is 1. The van der Waals surface area contributed by atoms with Crippen molar-refractivity contribution in [3.05, 3.63) is 24.0 Å². The summed E-state index contributed by atoms with van der Waals surface area (Å²) in [5.74, 6) is -0.998. The first-order chi connectivity index (χ1) is 9.95. The SMILES string of the molecule is CC(=O)Nc1cc(NC(=O)[C@H]2CCN[C@@H](C)C2)ccc1F.Cl. The molecular weight excluding hydrogens is 309 g/mol. The van der Waals surface area contributed by atoms with Crippen LogP contribution in [-0.4, -0.2) is 24.4 Å². The third kappa shape index (κ3) is 4.96. The van der Waals surface area contributed by atoms with Crippen LogP contribution in [0.25, 0.3) is 0 Å². The summed E-state index contributed by atoms with van der Waals surface area (Å²) in [6.45, 7) is 4.17. The Labute approximate surface area is 135 Å². The molecule has 0 saturated carbocycles. The van der Waals surface area contributed by atoms with E-state index in [2.05, 4.69) is 16.0 Å². The predicted octanol–water partition coefficient (Wildman–Crippen LogP) is 2.53. The van der Waals surface area contributed by atoms with Crippen molar-refractivity contribution in [3.63, 3.8) is 0 Å². The fourth-order valence-corrected chi connectivity index (χ4v) is 2.50. The van der Waals surface area contributed by atoms with Crippen LogP contribution >= 0.6 is 12.4 Å². The van der Waals surface area contributed by atoms with E-state index >= 15 is 0 Å². The summed E-state index contributed by atoms with van der Waals surface area (Å²) in [6, 6.07) is 4.46. The van der Waals surface area contributed by atoms with Crippen molar-refractivity contribution in [2.24, 2.45) is 5.92 Å². The number of halogens is 2. The minimum absolute atomic E-state index is 0. The zero-order chi connectivity index (χ0) is 15.4. The molecule has 0 aliphatic carbocycles. The van der Waals surface area contributed by atoms with Crippen LogP contribution in [0.1, 0.15) is 26.7 Å². The van der Waals surface area contributed by atoms with Gasteiger partial charge in [-0.05, 0) is 44.5 Å². The Morgan fingerprint density at radius 2 is 2.05 bits per heavy atom. The van der Waals surface area contributed by atoms with Gasteiger partial charge in [0, 0.05) is 24.6 Å². The molecule has 1 saturated heterocycles. The maximum absolute atomic E-state index is 13.5. The molecule has 1 aromatic carbocycles. The van der Waals surface area contributed by atoms with Crippen LogP contribution in [0.4, 0.5) is 15.8 Å². The maximum Gasteiger partial charge on any atom is 0.227 e. The molecular formula is C15H21ClFN3O2. The fraction of sp³-hybridized carbons (Fsp3) is 0.467. The van der Waals surface area contributed by atoms with Gasteiger partial charge in [0.1, 0.15) is 5.82 Å². The average molecular weight is 330 g/mol. The lowest BCUT2D eigenvalue weighted by atomic mass is 9.92. The van der Waals surface area contributed by atoms with E-state index in [1.807, 2.05) is 6.92 Å². The van der Waals surface area contributed by atoms with Gasteiger partial charge in [-0.3, -0.25) is 9.59 Å². The second-order valence-corrected chi connectivity index (χ2v) is 5.44. The lowest BCUT2D eigenvalue weighted by Gasteiger charge is -2.27. The molecule has 2 rings (SSSR count). The van der Waals surface area contributed by atoms with Gasteiger partial charge < -0.3 is 16.0 Å². The van der Waals surface area contributed by atoms with Gasteiger partial charge in [0.15, 0.2) is 0 Å². The lowest BCUT2D eigenvalue weighted by Crippen LogP contribution is -2.40. The summed E-state index contributed by atoms with van der Waals surface area (Å²) in [5.41, 5.74) is 0.551. The van der Waals surface area contributed by atoms with E-state index in [9.17, 15) is 14.0 Å². The number of hydrogen-bond donors (Lipinski definition) is 3. The van der Waals surface area contributed by atoms with Crippen LogP contribution in [0.5, 0.6) is 0 Å². The lowest BCUT2D eigenvalue weighted by molar-refractivity contribution is -0.120. The molecule has 2 atom stereocenters. The molecule has 1 aromatic rings. The molecule has 22 heavy (non-hydrogen) atoms. The molecule has 0 aromatic heterocycles. The fourth-order valence-electron chi connectivity index (χ4n) is 2.50. The highest BCUT2D eigenvalue weighted by atomic mass is 35.5. The zero-order valence-electron chi connectivity index (χ0n) is 12.6. The second-order valence-electron chi connectivity index (χ2n) is 5.44. The molecule has 1 fully saturated rings. The number of hydrogen-bond acceptors (Lipinski definition) is 3. The average Bonchev–Trinajstić information content (AvgIpc) is 2.42. The Morgan fingerprint density at radius 3 is 2.68 bits per heavy atom. The van der Waals surface area contributed by atoms with Crippen LogP contribution in [0, 0.1) is 11.7 Å². The van der Waals surface area contributed by atoms with Crippen molar-refractivity contribution in [1.29, 1.82) is 0 Å². The number of anilines is 2. The van der Waals surface area contributed by atoms with E-state index in [0.717, 1.165) is 19.4 Å². The van der Waals surface area contributed by atoms with E-state index in [1.165, 1.54) is 25.1 Å². The Balaban J connectivity index is 0.00000242. The first-order valence-corrected chi connectivity index (χ1v) is 7.07. The van der Waals surface area contributed by atoms with Crippen molar-refractivity contribution in [3.8, 4) is 0 Å². The van der Waals surface area contributed by atoms with Gasteiger partial charge in [-0.2, -0.15) is 0 Å². The monoisotopic (exact) mass is 329 g/mol. The van der Waals surface area contributed by atoms with Gasteiger partial charge in [-0.25, -0.2) is 4.39 Å². The Hall–Kier alpha value is -1.66. The van der Waals surface area contributed by atoms with Crippen molar-refractivity contribution in [2.75, 3.05) is 17.2 Å². The van der Waals surface area contributed by atoms with E-state index in [1.54, 1.807) is 0 Å². The normalized spacial score (nSPS) is 20.7. The summed E-state index contributed by atoms with van der Waals surface area (Å²) in [4.78, 5) is 23.2. The maximum atomic E-state index is 13.5. The van der Waals surface area contributed by atoms with Crippen molar-refractivity contribution in [1.82, 2.24) is 5.32 Å². The smallest absolute Gasteiger partial charge is 0.227 e. The molecule has 5 nitrogen and oxygen atoms in total. The van der Waals surface area contributed by atoms with E-state index in [4.69, 9.17) is 0 Å². The molecule has 7 heteroatoms. The van der Waals surface area contributed by atoms with Gasteiger partial charge in [-0.1, -0.05) is 0 Å². The predicted molar refractivity (Wildman–Crippen MR) is 86.8 cm³/mol. The molecule has 1 heterocycles. The van der Waals surface area contributed by atoms with Crippen LogP contribution in [0.15, 0.2) is 18.2 Å². The highest BCUT2D eigenvalue weighted by molar-refractivity contribution is 5.94. The quantitative estimate of drug-likeness (QED) is 0.798. The first-order valence-electron chi connectivity index (χ1n) is 7.07. The first kappa shape index (κ1) is 18.4. The largest absolute Gasteiger partial charge is 0.326 e. The third-order valence-electron chi connectivity index (χ3n) is 3.54. The van der Waals surface area contributed by atoms with E-state index in [0.29, 0.717) is 11.7 Å².